The van der Waals surface area contributed by atoms with Crippen LogP contribution in [0.3, 0.4) is 0 Å². The number of rotatable bonds is 2. The molecule has 0 spiro atoms. The zero-order chi connectivity index (χ0) is 12.5. The molecule has 2 atom stereocenters. The first-order valence-electron chi connectivity index (χ1n) is 6.00. The van der Waals surface area contributed by atoms with Crippen LogP contribution in [0.15, 0.2) is 24.3 Å². The molecule has 0 saturated carbocycles. The van der Waals surface area contributed by atoms with Gasteiger partial charge in [0.05, 0.1) is 11.5 Å². The zero-order valence-electron chi connectivity index (χ0n) is 10.1. The molecule has 0 aromatic heterocycles. The van der Waals surface area contributed by atoms with E-state index < -0.39 is 9.84 Å². The molecule has 0 aliphatic carbocycles. The van der Waals surface area contributed by atoms with Crippen LogP contribution in [0.4, 0.5) is 0 Å². The van der Waals surface area contributed by atoms with Crippen LogP contribution in [0.25, 0.3) is 0 Å². The summed E-state index contributed by atoms with van der Waals surface area (Å²) < 4.78 is 23.2. The largest absolute Gasteiger partial charge is 0.324 e. The summed E-state index contributed by atoms with van der Waals surface area (Å²) >= 11 is 0. The summed E-state index contributed by atoms with van der Waals surface area (Å²) in [7, 11) is -2.88. The fourth-order valence-corrected chi connectivity index (χ4v) is 4.29. The molecule has 1 aromatic rings. The van der Waals surface area contributed by atoms with Gasteiger partial charge in [-0.1, -0.05) is 29.8 Å². The average Bonchev–Trinajstić information content (AvgIpc) is 2.26. The fraction of sp³-hybridized carbons (Fsp3) is 0.538. The van der Waals surface area contributed by atoms with Crippen molar-refractivity contribution in [2.75, 3.05) is 11.5 Å². The van der Waals surface area contributed by atoms with Gasteiger partial charge < -0.3 is 5.73 Å². The van der Waals surface area contributed by atoms with Crippen LogP contribution >= 0.6 is 0 Å². The maximum atomic E-state index is 11.6. The Labute approximate surface area is 103 Å². The molecule has 1 saturated heterocycles. The van der Waals surface area contributed by atoms with Crippen molar-refractivity contribution >= 4 is 9.84 Å². The SMILES string of the molecule is Cc1cccc(C(N)C2CCCS(=O)(=O)C2)c1. The predicted octanol–water partition coefficient (Wildman–Crippen LogP) is 1.82. The van der Waals surface area contributed by atoms with Crippen molar-refractivity contribution in [2.24, 2.45) is 11.7 Å². The highest BCUT2D eigenvalue weighted by atomic mass is 32.2. The van der Waals surface area contributed by atoms with Gasteiger partial charge in [-0.15, -0.1) is 0 Å². The number of benzene rings is 1. The molecule has 2 unspecified atom stereocenters. The summed E-state index contributed by atoms with van der Waals surface area (Å²) in [6, 6.07) is 7.87. The van der Waals surface area contributed by atoms with Gasteiger partial charge in [0.15, 0.2) is 9.84 Å². The normalized spacial score (nSPS) is 25.4. The highest BCUT2D eigenvalue weighted by Gasteiger charge is 2.29. The lowest BCUT2D eigenvalue weighted by atomic mass is 9.91. The Balaban J connectivity index is 2.17. The smallest absolute Gasteiger partial charge is 0.150 e. The first kappa shape index (κ1) is 12.6. The molecule has 0 radical (unpaired) electrons. The summed E-state index contributed by atoms with van der Waals surface area (Å²) in [6.07, 6.45) is 1.65. The van der Waals surface area contributed by atoms with Gasteiger partial charge in [0.25, 0.3) is 0 Å². The second kappa shape index (κ2) is 4.78. The molecule has 17 heavy (non-hydrogen) atoms. The molecule has 1 heterocycles. The van der Waals surface area contributed by atoms with Crippen LogP contribution in [0.2, 0.25) is 0 Å². The lowest BCUT2D eigenvalue weighted by Gasteiger charge is -2.27. The lowest BCUT2D eigenvalue weighted by Crippen LogP contribution is -2.33. The molecule has 4 heteroatoms. The number of aryl methyl sites for hydroxylation is 1. The Hall–Kier alpha value is -0.870. The summed E-state index contributed by atoms with van der Waals surface area (Å²) in [4.78, 5) is 0. The van der Waals surface area contributed by atoms with Gasteiger partial charge in [-0.05, 0) is 31.2 Å². The Morgan fingerprint density at radius 1 is 1.41 bits per heavy atom. The molecular weight excluding hydrogens is 234 g/mol. The monoisotopic (exact) mass is 253 g/mol. The highest BCUT2D eigenvalue weighted by molar-refractivity contribution is 7.91. The summed E-state index contributed by atoms with van der Waals surface area (Å²) in [6.45, 7) is 2.02. The minimum absolute atomic E-state index is 0.0653. The van der Waals surface area contributed by atoms with Crippen molar-refractivity contribution in [1.82, 2.24) is 0 Å². The molecule has 2 N–H and O–H groups in total. The highest BCUT2D eigenvalue weighted by Crippen LogP contribution is 2.29. The molecule has 1 aromatic carbocycles. The van der Waals surface area contributed by atoms with E-state index >= 15 is 0 Å². The second-order valence-corrected chi connectivity index (χ2v) is 7.19. The third kappa shape index (κ3) is 3.07. The average molecular weight is 253 g/mol. The first-order valence-corrected chi connectivity index (χ1v) is 7.83. The molecule has 3 nitrogen and oxygen atoms in total. The van der Waals surface area contributed by atoms with Crippen LogP contribution in [-0.4, -0.2) is 19.9 Å². The minimum atomic E-state index is -2.88. The Morgan fingerprint density at radius 2 is 2.18 bits per heavy atom. The molecule has 1 aliphatic heterocycles. The van der Waals surface area contributed by atoms with Gasteiger partial charge >= 0.3 is 0 Å². The first-order chi connectivity index (χ1) is 7.98. The standard InChI is InChI=1S/C13H19NO2S/c1-10-4-2-5-11(8-10)13(14)12-6-3-7-17(15,16)9-12/h2,4-5,8,12-13H,3,6-7,9,14H2,1H3. The molecule has 0 bridgehead atoms. The van der Waals surface area contributed by atoms with E-state index in [0.717, 1.165) is 24.0 Å². The molecule has 0 amide bonds. The maximum absolute atomic E-state index is 11.6. The molecular formula is C13H19NO2S. The molecule has 94 valence electrons. The van der Waals surface area contributed by atoms with Crippen LogP contribution < -0.4 is 5.73 Å². The van der Waals surface area contributed by atoms with Crippen molar-refractivity contribution in [3.05, 3.63) is 35.4 Å². The minimum Gasteiger partial charge on any atom is -0.324 e. The third-order valence-electron chi connectivity index (χ3n) is 3.43. The molecule has 1 aliphatic rings. The van der Waals surface area contributed by atoms with Gasteiger partial charge in [-0.2, -0.15) is 0 Å². The predicted molar refractivity (Wildman–Crippen MR) is 69.5 cm³/mol. The topological polar surface area (TPSA) is 60.2 Å². The van der Waals surface area contributed by atoms with Crippen molar-refractivity contribution in [2.45, 2.75) is 25.8 Å². The van der Waals surface area contributed by atoms with Crippen molar-refractivity contribution in [3.8, 4) is 0 Å². The number of hydrogen-bond acceptors (Lipinski definition) is 3. The van der Waals surface area contributed by atoms with E-state index in [2.05, 4.69) is 0 Å². The van der Waals surface area contributed by atoms with E-state index in [1.165, 1.54) is 0 Å². The van der Waals surface area contributed by atoms with Gasteiger partial charge in [-0.3, -0.25) is 0 Å². The van der Waals surface area contributed by atoms with E-state index in [9.17, 15) is 8.42 Å². The van der Waals surface area contributed by atoms with Gasteiger partial charge in [-0.25, -0.2) is 8.42 Å². The van der Waals surface area contributed by atoms with Crippen molar-refractivity contribution in [1.29, 1.82) is 0 Å². The van der Waals surface area contributed by atoms with Crippen molar-refractivity contribution in [3.63, 3.8) is 0 Å². The van der Waals surface area contributed by atoms with Crippen LogP contribution in [0, 0.1) is 12.8 Å². The lowest BCUT2D eigenvalue weighted by molar-refractivity contribution is 0.415. The number of nitrogens with two attached hydrogens (primary N) is 1. The third-order valence-corrected chi connectivity index (χ3v) is 5.28. The summed E-state index contributed by atoms with van der Waals surface area (Å²) in [5.74, 6) is 0.627. The fourth-order valence-electron chi connectivity index (χ4n) is 2.49. The Morgan fingerprint density at radius 3 is 2.82 bits per heavy atom. The van der Waals surface area contributed by atoms with E-state index in [0.29, 0.717) is 5.75 Å². The number of hydrogen-bond donors (Lipinski definition) is 1. The summed E-state index contributed by atoms with van der Waals surface area (Å²) in [5, 5.41) is 0. The second-order valence-electron chi connectivity index (χ2n) is 4.96. The Bertz CT molecular complexity index is 496. The molecule has 2 rings (SSSR count). The maximum Gasteiger partial charge on any atom is 0.150 e. The van der Waals surface area contributed by atoms with Crippen LogP contribution in [0.5, 0.6) is 0 Å². The van der Waals surface area contributed by atoms with E-state index in [4.69, 9.17) is 5.73 Å². The quantitative estimate of drug-likeness (QED) is 0.874. The van der Waals surface area contributed by atoms with Gasteiger partial charge in [0, 0.05) is 6.04 Å². The van der Waals surface area contributed by atoms with Gasteiger partial charge in [0.2, 0.25) is 0 Å². The Kier molecular flexibility index (Phi) is 3.54. The van der Waals surface area contributed by atoms with E-state index in [-0.39, 0.29) is 17.7 Å². The zero-order valence-corrected chi connectivity index (χ0v) is 10.9. The van der Waals surface area contributed by atoms with Gasteiger partial charge in [0.1, 0.15) is 0 Å². The summed E-state index contributed by atoms with van der Waals surface area (Å²) in [5.41, 5.74) is 8.41. The van der Waals surface area contributed by atoms with Crippen LogP contribution in [-0.2, 0) is 9.84 Å². The molecule has 1 fully saturated rings. The van der Waals surface area contributed by atoms with E-state index in [1.807, 2.05) is 31.2 Å². The van der Waals surface area contributed by atoms with Crippen molar-refractivity contribution < 1.29 is 8.42 Å². The van der Waals surface area contributed by atoms with Crippen LogP contribution in [0.1, 0.15) is 30.0 Å². The number of sulfone groups is 1. The van der Waals surface area contributed by atoms with E-state index in [1.54, 1.807) is 0 Å².